The number of rotatable bonds is 3. The molecule has 1 aromatic rings. The SMILES string of the molecule is CC(C)(C)OC(=O)N1CC2(CCC(N3CCC(c4ccccc4C4=CCOCC4)CC3)C2)C1. The minimum absolute atomic E-state index is 0.143. The van der Waals surface area contributed by atoms with Gasteiger partial charge in [0.25, 0.3) is 0 Å². The first-order chi connectivity index (χ1) is 15.8. The summed E-state index contributed by atoms with van der Waals surface area (Å²) in [4.78, 5) is 17.0. The quantitative estimate of drug-likeness (QED) is 0.611. The summed E-state index contributed by atoms with van der Waals surface area (Å²) >= 11 is 0. The third-order valence-corrected chi connectivity index (χ3v) is 8.14. The highest BCUT2D eigenvalue weighted by atomic mass is 16.6. The van der Waals surface area contributed by atoms with Crippen LogP contribution < -0.4 is 0 Å². The van der Waals surface area contributed by atoms with E-state index in [1.807, 2.05) is 25.7 Å². The Labute approximate surface area is 199 Å². The molecule has 1 spiro atoms. The highest BCUT2D eigenvalue weighted by Crippen LogP contribution is 2.48. The number of amides is 1. The molecular weight excluding hydrogens is 412 g/mol. The zero-order valence-corrected chi connectivity index (χ0v) is 20.6. The first-order valence-electron chi connectivity index (χ1n) is 12.9. The number of hydrogen-bond donors (Lipinski definition) is 0. The molecule has 3 heterocycles. The van der Waals surface area contributed by atoms with Gasteiger partial charge in [0.2, 0.25) is 0 Å². The van der Waals surface area contributed by atoms with Crippen LogP contribution in [0, 0.1) is 5.41 Å². The van der Waals surface area contributed by atoms with Crippen LogP contribution in [0.1, 0.15) is 76.3 Å². The first-order valence-corrected chi connectivity index (χ1v) is 12.9. The first kappa shape index (κ1) is 22.9. The molecule has 0 radical (unpaired) electrons. The normalized spacial score (nSPS) is 26.2. The van der Waals surface area contributed by atoms with Crippen molar-refractivity contribution in [3.8, 4) is 0 Å². The number of carbonyl (C=O) groups is 1. The summed E-state index contributed by atoms with van der Waals surface area (Å²) in [5.41, 5.74) is 4.38. The molecule has 1 amide bonds. The lowest BCUT2D eigenvalue weighted by atomic mass is 9.78. The summed E-state index contributed by atoms with van der Waals surface area (Å²) in [6, 6.07) is 9.74. The van der Waals surface area contributed by atoms with E-state index in [9.17, 15) is 4.79 Å². The van der Waals surface area contributed by atoms with Crippen LogP contribution in [0.2, 0.25) is 0 Å². The van der Waals surface area contributed by atoms with E-state index in [-0.39, 0.29) is 6.09 Å². The largest absolute Gasteiger partial charge is 0.444 e. The molecule has 1 atom stereocenters. The molecule has 180 valence electrons. The molecule has 1 aliphatic carbocycles. The maximum Gasteiger partial charge on any atom is 0.410 e. The fourth-order valence-corrected chi connectivity index (χ4v) is 6.49. The van der Waals surface area contributed by atoms with E-state index in [1.54, 1.807) is 5.56 Å². The second-order valence-corrected chi connectivity index (χ2v) is 11.7. The van der Waals surface area contributed by atoms with Crippen LogP contribution in [0.4, 0.5) is 4.79 Å². The average molecular weight is 453 g/mol. The van der Waals surface area contributed by atoms with Crippen LogP contribution in [0.25, 0.3) is 5.57 Å². The molecule has 1 saturated carbocycles. The second kappa shape index (κ2) is 9.07. The van der Waals surface area contributed by atoms with Crippen LogP contribution in [0.5, 0.6) is 0 Å². The van der Waals surface area contributed by atoms with Gasteiger partial charge in [-0.3, -0.25) is 0 Å². The third kappa shape index (κ3) is 5.00. The van der Waals surface area contributed by atoms with Gasteiger partial charge in [-0.05, 0) is 95.0 Å². The van der Waals surface area contributed by atoms with Crippen molar-refractivity contribution in [1.29, 1.82) is 0 Å². The minimum atomic E-state index is -0.414. The zero-order chi connectivity index (χ0) is 23.1. The summed E-state index contributed by atoms with van der Waals surface area (Å²) in [5, 5.41) is 0. The van der Waals surface area contributed by atoms with Crippen LogP contribution in [-0.4, -0.2) is 66.9 Å². The number of benzene rings is 1. The summed E-state index contributed by atoms with van der Waals surface area (Å²) in [7, 11) is 0. The molecule has 4 aliphatic rings. The van der Waals surface area contributed by atoms with E-state index in [1.165, 1.54) is 56.3 Å². The number of ether oxygens (including phenoxy) is 2. The van der Waals surface area contributed by atoms with E-state index in [4.69, 9.17) is 9.47 Å². The van der Waals surface area contributed by atoms with Crippen molar-refractivity contribution in [2.45, 2.75) is 76.9 Å². The maximum atomic E-state index is 12.4. The summed E-state index contributed by atoms with van der Waals surface area (Å²) in [6.45, 7) is 11.5. The van der Waals surface area contributed by atoms with E-state index >= 15 is 0 Å². The summed E-state index contributed by atoms with van der Waals surface area (Å²) < 4.78 is 11.1. The van der Waals surface area contributed by atoms with E-state index in [0.29, 0.717) is 17.4 Å². The standard InChI is InChI=1S/C28H40N2O3/c1-27(2,3)33-26(31)30-19-28(20-30)13-8-23(18-28)29-14-9-21(10-15-29)24-6-4-5-7-25(24)22-11-16-32-17-12-22/h4-7,11,21,23H,8-10,12-20H2,1-3H3. The van der Waals surface area contributed by atoms with E-state index in [2.05, 4.69) is 35.2 Å². The van der Waals surface area contributed by atoms with Crippen molar-refractivity contribution in [2.24, 2.45) is 5.41 Å². The van der Waals surface area contributed by atoms with E-state index < -0.39 is 5.60 Å². The predicted octanol–water partition coefficient (Wildman–Crippen LogP) is 5.46. The smallest absolute Gasteiger partial charge is 0.410 e. The van der Waals surface area contributed by atoms with Crippen LogP contribution in [0.15, 0.2) is 30.3 Å². The Balaban J connectivity index is 1.14. The van der Waals surface area contributed by atoms with Crippen molar-refractivity contribution in [3.05, 3.63) is 41.5 Å². The lowest BCUT2D eigenvalue weighted by molar-refractivity contribution is -0.0347. The molecule has 5 heteroatoms. The lowest BCUT2D eigenvalue weighted by Crippen LogP contribution is -2.58. The molecule has 0 aromatic heterocycles. The predicted molar refractivity (Wildman–Crippen MR) is 131 cm³/mol. The van der Waals surface area contributed by atoms with Crippen LogP contribution in [-0.2, 0) is 9.47 Å². The molecule has 5 nitrogen and oxygen atoms in total. The van der Waals surface area contributed by atoms with Crippen molar-refractivity contribution in [3.63, 3.8) is 0 Å². The zero-order valence-electron chi connectivity index (χ0n) is 20.6. The van der Waals surface area contributed by atoms with E-state index in [0.717, 1.165) is 32.7 Å². The van der Waals surface area contributed by atoms with Gasteiger partial charge in [0.1, 0.15) is 5.60 Å². The Morgan fingerprint density at radius 1 is 1.12 bits per heavy atom. The molecular formula is C28H40N2O3. The lowest BCUT2D eigenvalue weighted by Gasteiger charge is -2.48. The van der Waals surface area contributed by atoms with Crippen molar-refractivity contribution in [2.75, 3.05) is 39.4 Å². The molecule has 3 fully saturated rings. The fraction of sp³-hybridized carbons (Fsp3) is 0.679. The molecule has 0 bridgehead atoms. The molecule has 33 heavy (non-hydrogen) atoms. The number of likely N-dealkylation sites (tertiary alicyclic amines) is 2. The van der Waals surface area contributed by atoms with Gasteiger partial charge in [-0.2, -0.15) is 0 Å². The second-order valence-electron chi connectivity index (χ2n) is 11.7. The fourth-order valence-electron chi connectivity index (χ4n) is 6.49. The van der Waals surface area contributed by atoms with Gasteiger partial charge in [-0.25, -0.2) is 4.79 Å². The summed E-state index contributed by atoms with van der Waals surface area (Å²) in [5.74, 6) is 0.655. The molecule has 1 unspecified atom stereocenters. The molecule has 1 aromatic carbocycles. The van der Waals surface area contributed by atoms with Gasteiger partial charge >= 0.3 is 6.09 Å². The molecule has 3 aliphatic heterocycles. The van der Waals surface area contributed by atoms with Gasteiger partial charge in [0.05, 0.1) is 13.2 Å². The van der Waals surface area contributed by atoms with Gasteiger partial charge in [-0.1, -0.05) is 30.3 Å². The summed E-state index contributed by atoms with van der Waals surface area (Å²) in [6.07, 6.45) is 9.40. The van der Waals surface area contributed by atoms with Crippen LogP contribution in [0.3, 0.4) is 0 Å². The Hall–Kier alpha value is -1.85. The van der Waals surface area contributed by atoms with Gasteiger partial charge in [0.15, 0.2) is 0 Å². The highest BCUT2D eigenvalue weighted by molar-refractivity contribution is 5.70. The Kier molecular flexibility index (Phi) is 6.30. The van der Waals surface area contributed by atoms with Crippen molar-refractivity contribution < 1.29 is 14.3 Å². The number of hydrogen-bond acceptors (Lipinski definition) is 4. The van der Waals surface area contributed by atoms with Crippen LogP contribution >= 0.6 is 0 Å². The van der Waals surface area contributed by atoms with Crippen molar-refractivity contribution >= 4 is 11.7 Å². The number of nitrogens with zero attached hydrogens (tertiary/aromatic N) is 2. The van der Waals surface area contributed by atoms with Gasteiger partial charge in [-0.15, -0.1) is 0 Å². The van der Waals surface area contributed by atoms with Gasteiger partial charge in [0, 0.05) is 24.5 Å². The third-order valence-electron chi connectivity index (χ3n) is 8.14. The minimum Gasteiger partial charge on any atom is -0.444 e. The molecule has 0 N–H and O–H groups in total. The average Bonchev–Trinajstić information content (AvgIpc) is 3.24. The van der Waals surface area contributed by atoms with Gasteiger partial charge < -0.3 is 19.3 Å². The Morgan fingerprint density at radius 2 is 1.88 bits per heavy atom. The topological polar surface area (TPSA) is 42.0 Å². The highest BCUT2D eigenvalue weighted by Gasteiger charge is 2.51. The molecule has 5 rings (SSSR count). The monoisotopic (exact) mass is 452 g/mol. The molecule has 2 saturated heterocycles. The Morgan fingerprint density at radius 3 is 2.58 bits per heavy atom. The van der Waals surface area contributed by atoms with Crippen molar-refractivity contribution in [1.82, 2.24) is 9.80 Å². The maximum absolute atomic E-state index is 12.4. The number of piperidine rings is 1. The Bertz CT molecular complexity index is 889. The number of carbonyl (C=O) groups excluding carboxylic acids is 1.